The lowest BCUT2D eigenvalue weighted by molar-refractivity contribution is -0.121. The Morgan fingerprint density at radius 3 is 2.59 bits per heavy atom. The second-order valence-corrected chi connectivity index (χ2v) is 10.2. The van der Waals surface area contributed by atoms with Gasteiger partial charge in [-0.1, -0.05) is 30.3 Å². The largest absolute Gasteiger partial charge is 0.495 e. The monoisotopic (exact) mass is 497 g/mol. The highest BCUT2D eigenvalue weighted by Crippen LogP contribution is 2.28. The Bertz CT molecular complexity index is 1400. The molecule has 3 aromatic carbocycles. The van der Waals surface area contributed by atoms with Crippen LogP contribution >= 0.6 is 11.3 Å². The average Bonchev–Trinajstić information content (AvgIpc) is 3.23. The molecule has 0 bridgehead atoms. The molecule has 176 valence electrons. The predicted octanol–water partition coefficient (Wildman–Crippen LogP) is 4.57. The third-order valence-corrected chi connectivity index (χ3v) is 7.31. The van der Waals surface area contributed by atoms with E-state index in [2.05, 4.69) is 15.0 Å². The smallest absolute Gasteiger partial charge is 0.262 e. The summed E-state index contributed by atoms with van der Waals surface area (Å²) in [5.74, 6) is 0.00781. The zero-order chi connectivity index (χ0) is 24.1. The minimum absolute atomic E-state index is 0.00898. The number of thiazole rings is 1. The Morgan fingerprint density at radius 1 is 1.03 bits per heavy atom. The van der Waals surface area contributed by atoms with Crippen LogP contribution in [0.4, 0.5) is 11.4 Å². The lowest BCUT2D eigenvalue weighted by Gasteiger charge is -2.14. The Hall–Kier alpha value is -3.47. The molecule has 0 aliphatic carbocycles. The maximum absolute atomic E-state index is 12.9. The Morgan fingerprint density at radius 2 is 1.79 bits per heavy atom. The van der Waals surface area contributed by atoms with Crippen LogP contribution in [0.15, 0.2) is 71.6 Å². The summed E-state index contributed by atoms with van der Waals surface area (Å²) >= 11 is 1.51. The minimum atomic E-state index is -3.91. The summed E-state index contributed by atoms with van der Waals surface area (Å²) in [4.78, 5) is 16.9. The van der Waals surface area contributed by atoms with Gasteiger partial charge in [0.25, 0.3) is 10.0 Å². The molecule has 0 saturated heterocycles. The van der Waals surface area contributed by atoms with Gasteiger partial charge in [0, 0.05) is 5.69 Å². The molecule has 0 aliphatic heterocycles. The van der Waals surface area contributed by atoms with E-state index in [1.807, 2.05) is 24.3 Å². The van der Waals surface area contributed by atoms with Crippen LogP contribution in [0.2, 0.25) is 0 Å². The number of fused-ring (bicyclic) bond motifs is 1. The summed E-state index contributed by atoms with van der Waals surface area (Å²) in [5.41, 5.74) is 2.32. The predicted molar refractivity (Wildman–Crippen MR) is 133 cm³/mol. The van der Waals surface area contributed by atoms with Gasteiger partial charge >= 0.3 is 0 Å². The highest BCUT2D eigenvalue weighted by atomic mass is 32.2. The molecule has 0 unspecified atom stereocenters. The molecule has 1 amide bonds. The lowest BCUT2D eigenvalue weighted by Crippen LogP contribution is -2.19. The van der Waals surface area contributed by atoms with Crippen LogP contribution in [-0.2, 0) is 26.2 Å². The van der Waals surface area contributed by atoms with Crippen LogP contribution in [0.3, 0.4) is 0 Å². The second-order valence-electron chi connectivity index (χ2n) is 7.40. The number of benzene rings is 3. The van der Waals surface area contributed by atoms with E-state index in [1.165, 1.54) is 30.6 Å². The van der Waals surface area contributed by atoms with Crippen LogP contribution in [0, 0.1) is 6.92 Å². The molecule has 1 aromatic heterocycles. The van der Waals surface area contributed by atoms with Gasteiger partial charge < -0.3 is 14.8 Å². The van der Waals surface area contributed by atoms with Crippen molar-refractivity contribution in [2.24, 2.45) is 0 Å². The summed E-state index contributed by atoms with van der Waals surface area (Å²) in [7, 11) is -2.44. The van der Waals surface area contributed by atoms with Gasteiger partial charge in [-0.3, -0.25) is 9.52 Å². The SMILES string of the molecule is COc1ccccc1NS(=O)(=O)c1ccc(C)c(NC(=O)COCc2nc3ccccc3s2)c1. The standard InChI is InChI=1S/C24H23N3O5S2/c1-16-11-12-17(34(29,30)27-18-7-3-5-9-21(18)31-2)13-20(16)25-23(28)14-32-15-24-26-19-8-4-6-10-22(19)33-24/h3-13,27H,14-15H2,1-2H3,(H,25,28). The number of hydrogen-bond acceptors (Lipinski definition) is 7. The van der Waals surface area contributed by atoms with Gasteiger partial charge in [0.15, 0.2) is 0 Å². The van der Waals surface area contributed by atoms with E-state index in [-0.39, 0.29) is 18.1 Å². The number of sulfonamides is 1. The van der Waals surface area contributed by atoms with Crippen molar-refractivity contribution in [3.05, 3.63) is 77.3 Å². The van der Waals surface area contributed by atoms with Crippen molar-refractivity contribution in [2.75, 3.05) is 23.8 Å². The summed E-state index contributed by atoms with van der Waals surface area (Å²) in [6.07, 6.45) is 0. The van der Waals surface area contributed by atoms with Gasteiger partial charge in [0.2, 0.25) is 5.91 Å². The summed E-state index contributed by atoms with van der Waals surface area (Å²) in [6.45, 7) is 1.80. The fraction of sp³-hybridized carbons (Fsp3) is 0.167. The van der Waals surface area contributed by atoms with Crippen molar-refractivity contribution in [2.45, 2.75) is 18.4 Å². The highest BCUT2D eigenvalue weighted by molar-refractivity contribution is 7.92. The molecule has 10 heteroatoms. The van der Waals surface area contributed by atoms with E-state index < -0.39 is 15.9 Å². The van der Waals surface area contributed by atoms with Crippen molar-refractivity contribution in [1.82, 2.24) is 4.98 Å². The number of methoxy groups -OCH3 is 1. The van der Waals surface area contributed by atoms with E-state index in [4.69, 9.17) is 9.47 Å². The number of carbonyl (C=O) groups excluding carboxylic acids is 1. The van der Waals surface area contributed by atoms with Crippen LogP contribution in [0.25, 0.3) is 10.2 Å². The molecule has 2 N–H and O–H groups in total. The highest BCUT2D eigenvalue weighted by Gasteiger charge is 2.18. The summed E-state index contributed by atoms with van der Waals surface area (Å²) in [5, 5.41) is 3.50. The number of amides is 1. The fourth-order valence-electron chi connectivity index (χ4n) is 3.23. The molecule has 4 aromatic rings. The van der Waals surface area contributed by atoms with Crippen LogP contribution < -0.4 is 14.8 Å². The van der Waals surface area contributed by atoms with E-state index in [0.29, 0.717) is 17.1 Å². The van der Waals surface area contributed by atoms with Crippen LogP contribution in [0.1, 0.15) is 10.6 Å². The van der Waals surface area contributed by atoms with Gasteiger partial charge in [0.1, 0.15) is 17.4 Å². The van der Waals surface area contributed by atoms with E-state index in [0.717, 1.165) is 20.8 Å². The first-order valence-electron chi connectivity index (χ1n) is 10.3. The molecule has 0 atom stereocenters. The number of para-hydroxylation sites is 3. The number of hydrogen-bond donors (Lipinski definition) is 2. The molecule has 0 saturated carbocycles. The number of aryl methyl sites for hydroxylation is 1. The quantitative estimate of drug-likeness (QED) is 0.351. The van der Waals surface area contributed by atoms with E-state index in [1.54, 1.807) is 37.3 Å². The molecular formula is C24H23N3O5S2. The maximum Gasteiger partial charge on any atom is 0.262 e. The first kappa shape index (κ1) is 23.7. The molecule has 0 radical (unpaired) electrons. The number of rotatable bonds is 9. The molecule has 34 heavy (non-hydrogen) atoms. The minimum Gasteiger partial charge on any atom is -0.495 e. The average molecular weight is 498 g/mol. The topological polar surface area (TPSA) is 107 Å². The Kier molecular flexibility index (Phi) is 7.11. The molecule has 0 fully saturated rings. The number of nitrogens with one attached hydrogen (secondary N) is 2. The third-order valence-electron chi connectivity index (χ3n) is 4.94. The number of carbonyl (C=O) groups is 1. The van der Waals surface area contributed by atoms with Crippen LogP contribution in [0.5, 0.6) is 5.75 Å². The van der Waals surface area contributed by atoms with Gasteiger partial charge in [-0.2, -0.15) is 0 Å². The molecule has 0 spiro atoms. The lowest BCUT2D eigenvalue weighted by atomic mass is 10.2. The maximum atomic E-state index is 12.9. The van der Waals surface area contributed by atoms with Crippen molar-refractivity contribution in [1.29, 1.82) is 0 Å². The first-order valence-corrected chi connectivity index (χ1v) is 12.6. The van der Waals surface area contributed by atoms with Crippen molar-refractivity contribution >= 4 is 48.9 Å². The number of ether oxygens (including phenoxy) is 2. The molecular weight excluding hydrogens is 474 g/mol. The van der Waals surface area contributed by atoms with Gasteiger partial charge in [-0.05, 0) is 48.9 Å². The summed E-state index contributed by atoms with van der Waals surface area (Å²) < 4.78 is 40.1. The third kappa shape index (κ3) is 5.53. The molecule has 8 nitrogen and oxygen atoms in total. The number of aromatic nitrogens is 1. The normalized spacial score (nSPS) is 11.4. The van der Waals surface area contributed by atoms with E-state index in [9.17, 15) is 13.2 Å². The van der Waals surface area contributed by atoms with Gasteiger partial charge in [0.05, 0.1) is 34.5 Å². The zero-order valence-corrected chi connectivity index (χ0v) is 20.2. The van der Waals surface area contributed by atoms with Crippen molar-refractivity contribution < 1.29 is 22.7 Å². The summed E-state index contributed by atoms with van der Waals surface area (Å²) in [6, 6.07) is 19.0. The van der Waals surface area contributed by atoms with Crippen molar-refractivity contribution in [3.63, 3.8) is 0 Å². The van der Waals surface area contributed by atoms with Crippen molar-refractivity contribution in [3.8, 4) is 5.75 Å². The second kappa shape index (κ2) is 10.2. The van der Waals surface area contributed by atoms with Crippen LogP contribution in [-0.4, -0.2) is 33.0 Å². The Balaban J connectivity index is 1.40. The molecule has 0 aliphatic rings. The van der Waals surface area contributed by atoms with Gasteiger partial charge in [-0.15, -0.1) is 11.3 Å². The first-order chi connectivity index (χ1) is 16.4. The van der Waals surface area contributed by atoms with E-state index >= 15 is 0 Å². The fourth-order valence-corrected chi connectivity index (χ4v) is 5.24. The Labute approximate surface area is 201 Å². The molecule has 1 heterocycles. The van der Waals surface area contributed by atoms with Gasteiger partial charge in [-0.25, -0.2) is 13.4 Å². The number of anilines is 2. The molecule has 4 rings (SSSR count). The zero-order valence-electron chi connectivity index (χ0n) is 18.6. The number of nitrogens with zero attached hydrogens (tertiary/aromatic N) is 1.